The topological polar surface area (TPSA) is 37.8 Å². The molecule has 1 N–H and O–H groups in total. The highest BCUT2D eigenvalue weighted by Gasteiger charge is 2.04. The van der Waals surface area contributed by atoms with Gasteiger partial charge in [0.1, 0.15) is 10.0 Å². The van der Waals surface area contributed by atoms with Gasteiger partial charge in [-0.1, -0.05) is 36.8 Å². The van der Waals surface area contributed by atoms with Crippen LogP contribution in [0.1, 0.15) is 34.5 Å². The number of rotatable bonds is 7. The highest BCUT2D eigenvalue weighted by molar-refractivity contribution is 7.11. The second kappa shape index (κ2) is 7.36. The molecule has 2 aromatic rings. The van der Waals surface area contributed by atoms with Gasteiger partial charge in [0, 0.05) is 13.0 Å². The van der Waals surface area contributed by atoms with Crippen molar-refractivity contribution in [2.24, 2.45) is 0 Å². The minimum absolute atomic E-state index is 0.843. The molecule has 0 amide bonds. The van der Waals surface area contributed by atoms with E-state index in [9.17, 15) is 0 Å². The quantitative estimate of drug-likeness (QED) is 0.789. The minimum Gasteiger partial charge on any atom is -0.310 e. The van der Waals surface area contributed by atoms with E-state index in [1.807, 2.05) is 0 Å². The molecule has 1 aromatic carbocycles. The number of nitrogens with zero attached hydrogens (tertiary/aromatic N) is 2. The third-order valence-electron chi connectivity index (χ3n) is 2.96. The van der Waals surface area contributed by atoms with Gasteiger partial charge in [-0.25, -0.2) is 0 Å². The van der Waals surface area contributed by atoms with Crippen molar-refractivity contribution in [2.45, 2.75) is 39.7 Å². The molecule has 0 aliphatic rings. The summed E-state index contributed by atoms with van der Waals surface area (Å²) in [5.74, 6) is 0. The Bertz CT molecular complexity index is 490. The van der Waals surface area contributed by atoms with Gasteiger partial charge in [-0.3, -0.25) is 0 Å². The molecule has 2 rings (SSSR count). The monoisotopic (exact) mass is 275 g/mol. The molecular formula is C15H21N3S. The Hall–Kier alpha value is -1.26. The zero-order chi connectivity index (χ0) is 13.5. The fraction of sp³-hybridized carbons (Fsp3) is 0.467. The number of aryl methyl sites for hydroxylation is 3. The Kier molecular flexibility index (Phi) is 5.48. The van der Waals surface area contributed by atoms with Crippen LogP contribution in [0.25, 0.3) is 0 Å². The Balaban J connectivity index is 1.81. The predicted molar refractivity (Wildman–Crippen MR) is 80.5 cm³/mol. The van der Waals surface area contributed by atoms with Gasteiger partial charge in [0.05, 0.1) is 0 Å². The molecule has 0 unspecified atom stereocenters. The molecule has 4 heteroatoms. The number of nitrogens with one attached hydrogen (secondary N) is 1. The van der Waals surface area contributed by atoms with E-state index < -0.39 is 0 Å². The smallest absolute Gasteiger partial charge is 0.131 e. The third-order valence-corrected chi connectivity index (χ3v) is 3.94. The summed E-state index contributed by atoms with van der Waals surface area (Å²) in [4.78, 5) is 0. The lowest BCUT2D eigenvalue weighted by atomic mass is 10.1. The Morgan fingerprint density at radius 3 is 2.53 bits per heavy atom. The van der Waals surface area contributed by atoms with E-state index in [0.717, 1.165) is 42.4 Å². The molecule has 1 heterocycles. The molecule has 0 aliphatic heterocycles. The van der Waals surface area contributed by atoms with Gasteiger partial charge in [-0.05, 0) is 31.9 Å². The first-order valence-corrected chi connectivity index (χ1v) is 7.67. The zero-order valence-electron chi connectivity index (χ0n) is 11.6. The average molecular weight is 275 g/mol. The van der Waals surface area contributed by atoms with Gasteiger partial charge in [-0.2, -0.15) is 0 Å². The molecule has 0 fully saturated rings. The SMILES string of the molecule is CCCNCc1nnc(CCc2ccc(C)cc2)s1. The molecule has 1 aromatic heterocycles. The van der Waals surface area contributed by atoms with E-state index >= 15 is 0 Å². The molecule has 3 nitrogen and oxygen atoms in total. The van der Waals surface area contributed by atoms with Crippen molar-refractivity contribution in [1.29, 1.82) is 0 Å². The van der Waals surface area contributed by atoms with E-state index in [2.05, 4.69) is 53.6 Å². The summed E-state index contributed by atoms with van der Waals surface area (Å²) >= 11 is 1.72. The number of hydrogen-bond donors (Lipinski definition) is 1. The maximum absolute atomic E-state index is 4.26. The third kappa shape index (κ3) is 4.73. The molecular weight excluding hydrogens is 254 g/mol. The molecule has 19 heavy (non-hydrogen) atoms. The van der Waals surface area contributed by atoms with Crippen LogP contribution in [-0.2, 0) is 19.4 Å². The number of aromatic nitrogens is 2. The second-order valence-corrected chi connectivity index (χ2v) is 5.90. The zero-order valence-corrected chi connectivity index (χ0v) is 12.5. The summed E-state index contributed by atoms with van der Waals surface area (Å²) < 4.78 is 0. The summed E-state index contributed by atoms with van der Waals surface area (Å²) in [6, 6.07) is 8.71. The van der Waals surface area contributed by atoms with Crippen LogP contribution in [-0.4, -0.2) is 16.7 Å². The first kappa shape index (κ1) is 14.2. The lowest BCUT2D eigenvalue weighted by Crippen LogP contribution is -2.13. The van der Waals surface area contributed by atoms with Crippen LogP contribution in [0, 0.1) is 6.92 Å². The van der Waals surface area contributed by atoms with Crippen LogP contribution in [0.2, 0.25) is 0 Å². The molecule has 0 saturated heterocycles. The van der Waals surface area contributed by atoms with Crippen LogP contribution in [0.3, 0.4) is 0 Å². The van der Waals surface area contributed by atoms with Crippen LogP contribution < -0.4 is 5.32 Å². The first-order valence-electron chi connectivity index (χ1n) is 6.85. The van der Waals surface area contributed by atoms with Crippen molar-refractivity contribution in [3.63, 3.8) is 0 Å². The standard InChI is InChI=1S/C15H21N3S/c1-3-10-16-11-15-18-17-14(19-15)9-8-13-6-4-12(2)5-7-13/h4-7,16H,3,8-11H2,1-2H3. The summed E-state index contributed by atoms with van der Waals surface area (Å²) in [5.41, 5.74) is 2.68. The van der Waals surface area contributed by atoms with Crippen LogP contribution in [0.4, 0.5) is 0 Å². The van der Waals surface area contributed by atoms with Gasteiger partial charge < -0.3 is 5.32 Å². The molecule has 0 bridgehead atoms. The molecule has 0 radical (unpaired) electrons. The summed E-state index contributed by atoms with van der Waals surface area (Å²) in [6.45, 7) is 6.17. The normalized spacial score (nSPS) is 10.8. The van der Waals surface area contributed by atoms with Gasteiger partial charge in [-0.15, -0.1) is 21.5 Å². The van der Waals surface area contributed by atoms with Crippen LogP contribution in [0.15, 0.2) is 24.3 Å². The van der Waals surface area contributed by atoms with E-state index in [1.165, 1.54) is 11.1 Å². The molecule has 0 spiro atoms. The maximum Gasteiger partial charge on any atom is 0.131 e. The Morgan fingerprint density at radius 1 is 1.05 bits per heavy atom. The number of hydrogen-bond acceptors (Lipinski definition) is 4. The maximum atomic E-state index is 4.26. The van der Waals surface area contributed by atoms with E-state index in [4.69, 9.17) is 0 Å². The first-order chi connectivity index (χ1) is 9.28. The van der Waals surface area contributed by atoms with Crippen molar-refractivity contribution in [3.05, 3.63) is 45.4 Å². The van der Waals surface area contributed by atoms with Gasteiger partial charge >= 0.3 is 0 Å². The summed E-state index contributed by atoms with van der Waals surface area (Å²) in [5, 5.41) is 14.1. The van der Waals surface area contributed by atoms with Crippen molar-refractivity contribution >= 4 is 11.3 Å². The lowest BCUT2D eigenvalue weighted by molar-refractivity contribution is 0.667. The van der Waals surface area contributed by atoms with Crippen LogP contribution in [0.5, 0.6) is 0 Å². The molecule has 0 aliphatic carbocycles. The van der Waals surface area contributed by atoms with E-state index in [1.54, 1.807) is 11.3 Å². The Morgan fingerprint density at radius 2 is 1.79 bits per heavy atom. The Labute approximate surface area is 119 Å². The fourth-order valence-electron chi connectivity index (χ4n) is 1.84. The van der Waals surface area contributed by atoms with Crippen molar-refractivity contribution in [2.75, 3.05) is 6.54 Å². The van der Waals surface area contributed by atoms with Crippen molar-refractivity contribution < 1.29 is 0 Å². The summed E-state index contributed by atoms with van der Waals surface area (Å²) in [6.07, 6.45) is 3.17. The highest BCUT2D eigenvalue weighted by Crippen LogP contribution is 2.13. The molecule has 102 valence electrons. The lowest BCUT2D eigenvalue weighted by Gasteiger charge is -1.99. The summed E-state index contributed by atoms with van der Waals surface area (Å²) in [7, 11) is 0. The van der Waals surface area contributed by atoms with Crippen molar-refractivity contribution in [3.8, 4) is 0 Å². The van der Waals surface area contributed by atoms with Crippen LogP contribution >= 0.6 is 11.3 Å². The highest BCUT2D eigenvalue weighted by atomic mass is 32.1. The predicted octanol–water partition coefficient (Wildman–Crippen LogP) is 3.13. The molecule has 0 atom stereocenters. The van der Waals surface area contributed by atoms with E-state index in [0.29, 0.717) is 0 Å². The van der Waals surface area contributed by atoms with Crippen molar-refractivity contribution in [1.82, 2.24) is 15.5 Å². The minimum atomic E-state index is 0.843. The number of benzene rings is 1. The second-order valence-electron chi connectivity index (χ2n) is 4.75. The largest absolute Gasteiger partial charge is 0.310 e. The van der Waals surface area contributed by atoms with Gasteiger partial charge in [0.25, 0.3) is 0 Å². The van der Waals surface area contributed by atoms with Gasteiger partial charge in [0.15, 0.2) is 0 Å². The molecule has 0 saturated carbocycles. The van der Waals surface area contributed by atoms with E-state index in [-0.39, 0.29) is 0 Å². The fourth-order valence-corrected chi connectivity index (χ4v) is 2.65. The van der Waals surface area contributed by atoms with Gasteiger partial charge in [0.2, 0.25) is 0 Å². The average Bonchev–Trinajstić information content (AvgIpc) is 2.86.